The predicted octanol–water partition coefficient (Wildman–Crippen LogP) is 2.67. The minimum Gasteiger partial charge on any atom is -0.212 e. The summed E-state index contributed by atoms with van der Waals surface area (Å²) in [6.07, 6.45) is 7.60. The Morgan fingerprint density at radius 1 is 1.12 bits per heavy atom. The molecule has 0 aliphatic heterocycles. The zero-order chi connectivity index (χ0) is 12.0. The lowest BCUT2D eigenvalue weighted by Crippen LogP contribution is -2.37. The van der Waals surface area contributed by atoms with E-state index in [-0.39, 0.29) is 6.04 Å². The van der Waals surface area contributed by atoms with Crippen molar-refractivity contribution in [3.05, 3.63) is 0 Å². The second kappa shape index (κ2) is 6.60. The van der Waals surface area contributed by atoms with Gasteiger partial charge in [0, 0.05) is 6.04 Å². The predicted molar refractivity (Wildman–Crippen MR) is 67.9 cm³/mol. The highest BCUT2D eigenvalue weighted by Crippen LogP contribution is 2.24. The summed E-state index contributed by atoms with van der Waals surface area (Å²) in [6, 6.07) is 0.119. The maximum atomic E-state index is 11.9. The Bertz CT molecular complexity index is 277. The summed E-state index contributed by atoms with van der Waals surface area (Å²) >= 11 is 0. The van der Waals surface area contributed by atoms with Crippen LogP contribution in [0.2, 0.25) is 0 Å². The third-order valence-corrected chi connectivity index (χ3v) is 5.11. The van der Waals surface area contributed by atoms with Gasteiger partial charge in [0.25, 0.3) is 0 Å². The average Bonchev–Trinajstić information content (AvgIpc) is 2.26. The highest BCUT2D eigenvalue weighted by atomic mass is 32.2. The van der Waals surface area contributed by atoms with Crippen molar-refractivity contribution in [2.45, 2.75) is 64.8 Å². The fraction of sp³-hybridized carbons (Fsp3) is 1.00. The molecule has 16 heavy (non-hydrogen) atoms. The summed E-state index contributed by atoms with van der Waals surface area (Å²) in [7, 11) is -3.05. The van der Waals surface area contributed by atoms with Crippen molar-refractivity contribution in [1.82, 2.24) is 4.72 Å². The van der Waals surface area contributed by atoms with Crippen LogP contribution in [0, 0.1) is 5.92 Å². The first-order valence-electron chi connectivity index (χ1n) is 6.57. The van der Waals surface area contributed by atoms with Crippen LogP contribution in [-0.4, -0.2) is 20.2 Å². The van der Waals surface area contributed by atoms with Gasteiger partial charge in [0.2, 0.25) is 10.0 Å². The van der Waals surface area contributed by atoms with Crippen molar-refractivity contribution in [2.24, 2.45) is 5.92 Å². The molecule has 1 aliphatic carbocycles. The van der Waals surface area contributed by atoms with E-state index in [0.717, 1.165) is 25.7 Å². The van der Waals surface area contributed by atoms with Gasteiger partial charge < -0.3 is 0 Å². The first-order chi connectivity index (χ1) is 7.57. The van der Waals surface area contributed by atoms with Gasteiger partial charge in [-0.2, -0.15) is 0 Å². The maximum Gasteiger partial charge on any atom is 0.212 e. The second-order valence-corrected chi connectivity index (χ2v) is 6.72. The average molecular weight is 247 g/mol. The second-order valence-electron chi connectivity index (χ2n) is 4.92. The molecule has 0 bridgehead atoms. The largest absolute Gasteiger partial charge is 0.212 e. The molecule has 0 spiro atoms. The summed E-state index contributed by atoms with van der Waals surface area (Å²) in [5.74, 6) is 0.726. The molecule has 0 saturated heterocycles. The molecule has 0 radical (unpaired) electrons. The zero-order valence-electron chi connectivity index (χ0n) is 10.5. The van der Waals surface area contributed by atoms with Crippen molar-refractivity contribution in [1.29, 1.82) is 0 Å². The summed E-state index contributed by atoms with van der Waals surface area (Å²) in [5, 5.41) is 0. The number of nitrogens with one attached hydrogen (secondary N) is 1. The van der Waals surface area contributed by atoms with Crippen LogP contribution < -0.4 is 4.72 Å². The lowest BCUT2D eigenvalue weighted by Gasteiger charge is -2.23. The fourth-order valence-electron chi connectivity index (χ4n) is 2.42. The summed E-state index contributed by atoms with van der Waals surface area (Å²) in [5.41, 5.74) is 0. The number of rotatable bonds is 6. The molecular formula is C12H25NO2S. The molecule has 1 rings (SSSR count). The quantitative estimate of drug-likeness (QED) is 0.784. The monoisotopic (exact) mass is 247 g/mol. The van der Waals surface area contributed by atoms with E-state index in [9.17, 15) is 8.42 Å². The Hall–Kier alpha value is -0.0900. The van der Waals surface area contributed by atoms with Crippen LogP contribution in [0.4, 0.5) is 0 Å². The molecule has 0 aromatic carbocycles. The Kier molecular flexibility index (Phi) is 5.76. The van der Waals surface area contributed by atoms with E-state index in [2.05, 4.69) is 4.72 Å². The molecule has 1 N–H and O–H groups in total. The van der Waals surface area contributed by atoms with Crippen LogP contribution in [0.15, 0.2) is 0 Å². The van der Waals surface area contributed by atoms with Crippen LogP contribution in [0.5, 0.6) is 0 Å². The molecule has 1 aliphatic rings. The molecule has 1 fully saturated rings. The number of hydrogen-bond acceptors (Lipinski definition) is 2. The van der Waals surface area contributed by atoms with Gasteiger partial charge in [0.1, 0.15) is 0 Å². The molecule has 0 heterocycles. The third kappa shape index (κ3) is 4.83. The van der Waals surface area contributed by atoms with Crippen molar-refractivity contribution in [2.75, 3.05) is 5.75 Å². The van der Waals surface area contributed by atoms with Gasteiger partial charge in [-0.15, -0.1) is 0 Å². The molecule has 0 aromatic heterocycles. The molecule has 3 nitrogen and oxygen atoms in total. The van der Waals surface area contributed by atoms with E-state index >= 15 is 0 Å². The fourth-order valence-corrected chi connectivity index (χ4v) is 4.31. The molecule has 1 saturated carbocycles. The van der Waals surface area contributed by atoms with Crippen molar-refractivity contribution < 1.29 is 8.42 Å². The number of sulfonamides is 1. The van der Waals surface area contributed by atoms with Gasteiger partial charge in [-0.05, 0) is 31.6 Å². The van der Waals surface area contributed by atoms with E-state index < -0.39 is 10.0 Å². The van der Waals surface area contributed by atoms with Crippen LogP contribution in [0.1, 0.15) is 58.8 Å². The van der Waals surface area contributed by atoms with Gasteiger partial charge >= 0.3 is 0 Å². The summed E-state index contributed by atoms with van der Waals surface area (Å²) < 4.78 is 26.6. The van der Waals surface area contributed by atoms with Gasteiger partial charge in [0.15, 0.2) is 0 Å². The van der Waals surface area contributed by atoms with E-state index in [1.54, 1.807) is 0 Å². The van der Waals surface area contributed by atoms with Crippen LogP contribution in [0.25, 0.3) is 0 Å². The van der Waals surface area contributed by atoms with Crippen molar-refractivity contribution in [3.8, 4) is 0 Å². The van der Waals surface area contributed by atoms with Crippen LogP contribution in [0.3, 0.4) is 0 Å². The lowest BCUT2D eigenvalue weighted by atomic mass is 9.91. The first-order valence-corrected chi connectivity index (χ1v) is 8.22. The lowest BCUT2D eigenvalue weighted by molar-refractivity contribution is 0.382. The molecule has 0 aromatic rings. The van der Waals surface area contributed by atoms with Crippen molar-refractivity contribution >= 4 is 10.0 Å². The Balaban J connectivity index is 2.43. The Labute approximate surface area is 100 Å². The standard InChI is InChI=1S/C12H25NO2S/c1-3-12(4-2)13-16(14,15)10-11-8-6-5-7-9-11/h11-13H,3-10H2,1-2H3. The maximum absolute atomic E-state index is 11.9. The van der Waals surface area contributed by atoms with E-state index in [4.69, 9.17) is 0 Å². The van der Waals surface area contributed by atoms with Gasteiger partial charge in [-0.1, -0.05) is 33.1 Å². The molecular weight excluding hydrogens is 222 g/mol. The highest BCUT2D eigenvalue weighted by molar-refractivity contribution is 7.89. The first kappa shape index (κ1) is 14.0. The molecule has 4 heteroatoms. The topological polar surface area (TPSA) is 46.2 Å². The summed E-state index contributed by atoms with van der Waals surface area (Å²) in [6.45, 7) is 4.05. The molecule has 96 valence electrons. The van der Waals surface area contributed by atoms with Crippen LogP contribution in [-0.2, 0) is 10.0 Å². The SMILES string of the molecule is CCC(CC)NS(=O)(=O)CC1CCCCC1. The summed E-state index contributed by atoms with van der Waals surface area (Å²) in [4.78, 5) is 0. The highest BCUT2D eigenvalue weighted by Gasteiger charge is 2.22. The molecule has 0 atom stereocenters. The van der Waals surface area contributed by atoms with E-state index in [0.29, 0.717) is 11.7 Å². The Morgan fingerprint density at radius 3 is 2.19 bits per heavy atom. The minimum absolute atomic E-state index is 0.119. The van der Waals surface area contributed by atoms with E-state index in [1.165, 1.54) is 19.3 Å². The number of hydrogen-bond donors (Lipinski definition) is 1. The van der Waals surface area contributed by atoms with Gasteiger partial charge in [0.05, 0.1) is 5.75 Å². The Morgan fingerprint density at radius 2 is 1.69 bits per heavy atom. The zero-order valence-corrected chi connectivity index (χ0v) is 11.4. The van der Waals surface area contributed by atoms with Gasteiger partial charge in [-0.3, -0.25) is 0 Å². The molecule has 0 amide bonds. The molecule has 0 unspecified atom stereocenters. The van der Waals surface area contributed by atoms with Gasteiger partial charge in [-0.25, -0.2) is 13.1 Å². The van der Waals surface area contributed by atoms with E-state index in [1.807, 2.05) is 13.8 Å². The third-order valence-electron chi connectivity index (χ3n) is 3.51. The normalized spacial score (nSPS) is 19.2. The van der Waals surface area contributed by atoms with Crippen molar-refractivity contribution in [3.63, 3.8) is 0 Å². The smallest absolute Gasteiger partial charge is 0.212 e. The minimum atomic E-state index is -3.05. The van der Waals surface area contributed by atoms with Crippen LogP contribution >= 0.6 is 0 Å².